The summed E-state index contributed by atoms with van der Waals surface area (Å²) in [7, 11) is 0. The number of phenolic OH excluding ortho intramolecular Hbond substituents is 1. The molecule has 3 nitrogen and oxygen atoms in total. The zero-order chi connectivity index (χ0) is 14.1. The number of nitrogens with zero attached hydrogens (tertiary/aromatic N) is 1. The molecule has 0 atom stereocenters. The smallest absolute Gasteiger partial charge is 0.226 e. The summed E-state index contributed by atoms with van der Waals surface area (Å²) in [5.41, 5.74) is 0.779. The normalized spacial score (nSPS) is 10.4. The minimum Gasteiger partial charge on any atom is -0.508 e. The Morgan fingerprint density at radius 2 is 1.89 bits per heavy atom. The average Bonchev–Trinajstić information content (AvgIpc) is 2.39. The van der Waals surface area contributed by atoms with E-state index in [0.29, 0.717) is 13.0 Å². The molecule has 0 unspecified atom stereocenters. The minimum absolute atomic E-state index is 0.143. The first-order valence-electron chi connectivity index (χ1n) is 7.28. The van der Waals surface area contributed by atoms with Crippen LogP contribution in [0.25, 0.3) is 0 Å². The Labute approximate surface area is 116 Å². The second-order valence-electron chi connectivity index (χ2n) is 4.82. The van der Waals surface area contributed by atoms with E-state index in [4.69, 9.17) is 0 Å². The standard InChI is InChI=1S/C16H25NO2/c1-3-5-6-7-8-12-16(19)17(4-2)14-10-9-11-15(18)13-14/h9-11,13,18H,3-8,12H2,1-2H3. The molecule has 0 aliphatic heterocycles. The maximum absolute atomic E-state index is 12.2. The van der Waals surface area contributed by atoms with Crippen molar-refractivity contribution in [1.29, 1.82) is 0 Å². The summed E-state index contributed by atoms with van der Waals surface area (Å²) in [5, 5.41) is 9.47. The maximum Gasteiger partial charge on any atom is 0.226 e. The van der Waals surface area contributed by atoms with Crippen LogP contribution in [0.2, 0.25) is 0 Å². The Morgan fingerprint density at radius 3 is 2.53 bits per heavy atom. The van der Waals surface area contributed by atoms with Gasteiger partial charge in [-0.25, -0.2) is 0 Å². The lowest BCUT2D eigenvalue weighted by atomic mass is 10.1. The van der Waals surface area contributed by atoms with Crippen LogP contribution in [0.4, 0.5) is 5.69 Å². The molecule has 0 spiro atoms. The van der Waals surface area contributed by atoms with E-state index in [-0.39, 0.29) is 11.7 Å². The lowest BCUT2D eigenvalue weighted by Crippen LogP contribution is -2.30. The van der Waals surface area contributed by atoms with Crippen LogP contribution in [0.3, 0.4) is 0 Å². The van der Waals surface area contributed by atoms with Gasteiger partial charge in [0.1, 0.15) is 5.75 Å². The topological polar surface area (TPSA) is 40.5 Å². The average molecular weight is 263 g/mol. The molecule has 1 N–H and O–H groups in total. The lowest BCUT2D eigenvalue weighted by Gasteiger charge is -2.21. The highest BCUT2D eigenvalue weighted by Gasteiger charge is 2.13. The molecule has 0 bridgehead atoms. The van der Waals surface area contributed by atoms with Crippen LogP contribution in [0.15, 0.2) is 24.3 Å². The molecule has 0 fully saturated rings. The number of rotatable bonds is 8. The monoisotopic (exact) mass is 263 g/mol. The van der Waals surface area contributed by atoms with Gasteiger partial charge in [-0.15, -0.1) is 0 Å². The molecule has 0 heterocycles. The third-order valence-electron chi connectivity index (χ3n) is 3.25. The van der Waals surface area contributed by atoms with Crippen molar-refractivity contribution in [2.45, 2.75) is 52.4 Å². The lowest BCUT2D eigenvalue weighted by molar-refractivity contribution is -0.118. The van der Waals surface area contributed by atoms with Crippen molar-refractivity contribution in [3.8, 4) is 5.75 Å². The number of benzene rings is 1. The Bertz CT molecular complexity index is 390. The van der Waals surface area contributed by atoms with Gasteiger partial charge in [-0.2, -0.15) is 0 Å². The Kier molecular flexibility index (Phi) is 7.01. The van der Waals surface area contributed by atoms with Crippen LogP contribution in [-0.2, 0) is 4.79 Å². The molecule has 0 aliphatic rings. The third-order valence-corrected chi connectivity index (χ3v) is 3.25. The van der Waals surface area contributed by atoms with E-state index in [9.17, 15) is 9.90 Å². The molecule has 0 saturated carbocycles. The first-order valence-corrected chi connectivity index (χ1v) is 7.28. The number of unbranched alkanes of at least 4 members (excludes halogenated alkanes) is 4. The molecule has 1 aromatic carbocycles. The molecule has 19 heavy (non-hydrogen) atoms. The Morgan fingerprint density at radius 1 is 1.16 bits per heavy atom. The zero-order valence-corrected chi connectivity index (χ0v) is 12.1. The molecule has 0 aromatic heterocycles. The largest absolute Gasteiger partial charge is 0.508 e. The van der Waals surface area contributed by atoms with Crippen LogP contribution in [-0.4, -0.2) is 17.6 Å². The van der Waals surface area contributed by atoms with Gasteiger partial charge in [0.2, 0.25) is 5.91 Å². The van der Waals surface area contributed by atoms with Crippen LogP contribution in [0.1, 0.15) is 52.4 Å². The maximum atomic E-state index is 12.2. The van der Waals surface area contributed by atoms with E-state index < -0.39 is 0 Å². The van der Waals surface area contributed by atoms with Gasteiger partial charge in [-0.3, -0.25) is 4.79 Å². The number of hydrogen-bond donors (Lipinski definition) is 1. The Hall–Kier alpha value is -1.51. The minimum atomic E-state index is 0.143. The van der Waals surface area contributed by atoms with Gasteiger partial charge in [0.25, 0.3) is 0 Å². The second kappa shape index (κ2) is 8.57. The molecule has 0 saturated heterocycles. The van der Waals surface area contributed by atoms with E-state index in [1.807, 2.05) is 13.0 Å². The SMILES string of the molecule is CCCCCCCC(=O)N(CC)c1cccc(O)c1. The quantitative estimate of drug-likeness (QED) is 0.717. The van der Waals surface area contributed by atoms with Gasteiger partial charge < -0.3 is 10.0 Å². The number of anilines is 1. The Balaban J connectivity index is 2.48. The van der Waals surface area contributed by atoms with E-state index in [1.165, 1.54) is 19.3 Å². The number of carbonyl (C=O) groups excluding carboxylic acids is 1. The highest BCUT2D eigenvalue weighted by Crippen LogP contribution is 2.21. The van der Waals surface area contributed by atoms with E-state index in [1.54, 1.807) is 23.1 Å². The number of amides is 1. The van der Waals surface area contributed by atoms with E-state index in [2.05, 4.69) is 6.92 Å². The molecule has 0 aliphatic carbocycles. The first-order chi connectivity index (χ1) is 9.19. The predicted molar refractivity (Wildman–Crippen MR) is 79.5 cm³/mol. The molecule has 106 valence electrons. The van der Waals surface area contributed by atoms with Crippen molar-refractivity contribution in [2.75, 3.05) is 11.4 Å². The van der Waals surface area contributed by atoms with Gasteiger partial charge in [-0.05, 0) is 25.5 Å². The number of phenols is 1. The van der Waals surface area contributed by atoms with Crippen LogP contribution in [0, 0.1) is 0 Å². The summed E-state index contributed by atoms with van der Waals surface area (Å²) >= 11 is 0. The van der Waals surface area contributed by atoms with Crippen molar-refractivity contribution < 1.29 is 9.90 Å². The number of hydrogen-bond acceptors (Lipinski definition) is 2. The summed E-state index contributed by atoms with van der Waals surface area (Å²) in [6, 6.07) is 6.88. The van der Waals surface area contributed by atoms with Crippen molar-refractivity contribution in [3.05, 3.63) is 24.3 Å². The summed E-state index contributed by atoms with van der Waals surface area (Å²) in [6.07, 6.45) is 6.34. The molecule has 1 rings (SSSR count). The second-order valence-corrected chi connectivity index (χ2v) is 4.82. The van der Waals surface area contributed by atoms with Crippen molar-refractivity contribution in [1.82, 2.24) is 0 Å². The molecular weight excluding hydrogens is 238 g/mol. The van der Waals surface area contributed by atoms with Crippen molar-refractivity contribution >= 4 is 11.6 Å². The fourth-order valence-corrected chi connectivity index (χ4v) is 2.18. The molecule has 3 heteroatoms. The van der Waals surface area contributed by atoms with Gasteiger partial charge in [-0.1, -0.05) is 38.7 Å². The highest BCUT2D eigenvalue weighted by atomic mass is 16.3. The van der Waals surface area contributed by atoms with Crippen LogP contribution in [0.5, 0.6) is 5.75 Å². The molecule has 1 aromatic rings. The fraction of sp³-hybridized carbons (Fsp3) is 0.562. The van der Waals surface area contributed by atoms with Gasteiger partial charge in [0.15, 0.2) is 0 Å². The fourth-order valence-electron chi connectivity index (χ4n) is 2.18. The third kappa shape index (κ3) is 5.33. The van der Waals surface area contributed by atoms with Gasteiger partial charge >= 0.3 is 0 Å². The summed E-state index contributed by atoms with van der Waals surface area (Å²) < 4.78 is 0. The first kappa shape index (κ1) is 15.5. The summed E-state index contributed by atoms with van der Waals surface area (Å²) in [4.78, 5) is 13.9. The number of carbonyl (C=O) groups is 1. The summed E-state index contributed by atoms with van der Waals surface area (Å²) in [5.74, 6) is 0.344. The van der Waals surface area contributed by atoms with Crippen molar-refractivity contribution in [2.24, 2.45) is 0 Å². The van der Waals surface area contributed by atoms with Crippen LogP contribution >= 0.6 is 0 Å². The predicted octanol–water partition coefficient (Wildman–Crippen LogP) is 4.11. The molecular formula is C16H25NO2. The van der Waals surface area contributed by atoms with Crippen molar-refractivity contribution in [3.63, 3.8) is 0 Å². The molecule has 1 amide bonds. The zero-order valence-electron chi connectivity index (χ0n) is 12.1. The van der Waals surface area contributed by atoms with E-state index in [0.717, 1.165) is 18.5 Å². The number of aromatic hydroxyl groups is 1. The van der Waals surface area contributed by atoms with Gasteiger partial charge in [0, 0.05) is 24.7 Å². The molecule has 0 radical (unpaired) electrons. The van der Waals surface area contributed by atoms with E-state index >= 15 is 0 Å². The summed E-state index contributed by atoms with van der Waals surface area (Å²) in [6.45, 7) is 4.78. The highest BCUT2D eigenvalue weighted by molar-refractivity contribution is 5.93. The van der Waals surface area contributed by atoms with Crippen LogP contribution < -0.4 is 4.90 Å². The van der Waals surface area contributed by atoms with Gasteiger partial charge in [0.05, 0.1) is 0 Å².